The van der Waals surface area contributed by atoms with Gasteiger partial charge in [0.05, 0.1) is 33.8 Å². The van der Waals surface area contributed by atoms with Crippen molar-refractivity contribution in [2.24, 2.45) is 0 Å². The first kappa shape index (κ1) is 33.0. The minimum Gasteiger partial charge on any atom is -0.245 e. The normalized spacial score (nSPS) is 11.2. The van der Waals surface area contributed by atoms with Gasteiger partial charge >= 0.3 is 0 Å². The average molecular weight is 715 g/mol. The Hall–Kier alpha value is -7.56. The number of fused-ring (bicyclic) bond motifs is 3. The first-order chi connectivity index (χ1) is 27.7. The van der Waals surface area contributed by atoms with E-state index in [0.29, 0.717) is 5.82 Å². The highest BCUT2D eigenvalue weighted by Gasteiger charge is 2.16. The lowest BCUT2D eigenvalue weighted by molar-refractivity contribution is 1.18. The van der Waals surface area contributed by atoms with Crippen LogP contribution < -0.4 is 0 Å². The molecule has 56 heavy (non-hydrogen) atoms. The first-order valence-corrected chi connectivity index (χ1v) is 18.8. The van der Waals surface area contributed by atoms with Crippen molar-refractivity contribution < 1.29 is 0 Å². The van der Waals surface area contributed by atoms with Crippen molar-refractivity contribution >= 4 is 21.8 Å². The molecule has 0 spiro atoms. The number of benzene rings is 7. The molecule has 0 fully saturated rings. The van der Waals surface area contributed by atoms with Crippen molar-refractivity contribution in [3.05, 3.63) is 206 Å². The number of hydrogen-bond acceptors (Lipinski definition) is 4. The van der Waals surface area contributed by atoms with Gasteiger partial charge in [-0.05, 0) is 52.6 Å². The topological polar surface area (TPSA) is 51.6 Å². The molecule has 0 saturated heterocycles. The molecule has 0 bridgehead atoms. The van der Waals surface area contributed by atoms with Crippen LogP contribution in [0.15, 0.2) is 206 Å². The van der Waals surface area contributed by atoms with Gasteiger partial charge in [0, 0.05) is 38.6 Å². The third kappa shape index (κ3) is 6.40. The molecule has 3 heterocycles. The van der Waals surface area contributed by atoms with E-state index in [9.17, 15) is 0 Å². The molecular formula is C52H34N4. The van der Waals surface area contributed by atoms with Crippen molar-refractivity contribution in [1.82, 2.24) is 19.9 Å². The van der Waals surface area contributed by atoms with Crippen LogP contribution in [0, 0.1) is 0 Å². The zero-order valence-electron chi connectivity index (χ0n) is 30.4. The molecule has 0 amide bonds. The van der Waals surface area contributed by atoms with Gasteiger partial charge in [-0.3, -0.25) is 0 Å². The summed E-state index contributed by atoms with van der Waals surface area (Å²) in [5.74, 6) is 0.685. The molecular weight excluding hydrogens is 681 g/mol. The summed E-state index contributed by atoms with van der Waals surface area (Å²) in [5, 5.41) is 2.11. The summed E-state index contributed by atoms with van der Waals surface area (Å²) in [7, 11) is 0. The molecule has 0 aliphatic heterocycles. The number of hydrogen-bond donors (Lipinski definition) is 0. The van der Waals surface area contributed by atoms with Crippen molar-refractivity contribution in [3.8, 4) is 78.7 Å². The molecule has 10 aromatic rings. The third-order valence-corrected chi connectivity index (χ3v) is 10.3. The summed E-state index contributed by atoms with van der Waals surface area (Å²) >= 11 is 0. The summed E-state index contributed by atoms with van der Waals surface area (Å²) < 4.78 is 0. The number of aromatic nitrogens is 4. The van der Waals surface area contributed by atoms with Gasteiger partial charge in [0.25, 0.3) is 0 Å². The van der Waals surface area contributed by atoms with Gasteiger partial charge in [-0.1, -0.05) is 176 Å². The van der Waals surface area contributed by atoms with E-state index in [1.54, 1.807) is 0 Å². The Balaban J connectivity index is 1.11. The maximum absolute atomic E-state index is 5.30. The zero-order valence-corrected chi connectivity index (χ0v) is 30.4. The van der Waals surface area contributed by atoms with Crippen LogP contribution in [0.4, 0.5) is 0 Å². The molecule has 7 aromatic carbocycles. The number of rotatable bonds is 7. The second-order valence-corrected chi connectivity index (χ2v) is 13.9. The summed E-state index contributed by atoms with van der Waals surface area (Å²) in [6.45, 7) is 0. The first-order valence-electron chi connectivity index (χ1n) is 18.8. The summed E-state index contributed by atoms with van der Waals surface area (Å²) in [5.41, 5.74) is 15.0. The van der Waals surface area contributed by atoms with Gasteiger partial charge in [-0.2, -0.15) is 0 Å². The fourth-order valence-corrected chi connectivity index (χ4v) is 7.43. The van der Waals surface area contributed by atoms with Gasteiger partial charge in [-0.25, -0.2) is 19.9 Å². The van der Waals surface area contributed by atoms with Crippen LogP contribution in [0.1, 0.15) is 0 Å². The molecule has 4 nitrogen and oxygen atoms in total. The minimum absolute atomic E-state index is 0.685. The fourth-order valence-electron chi connectivity index (χ4n) is 7.43. The maximum Gasteiger partial charge on any atom is 0.160 e. The summed E-state index contributed by atoms with van der Waals surface area (Å²) in [6, 6.07) is 71.5. The van der Waals surface area contributed by atoms with Gasteiger partial charge in [0.15, 0.2) is 5.82 Å². The van der Waals surface area contributed by atoms with Crippen LogP contribution in [0.2, 0.25) is 0 Å². The zero-order chi connectivity index (χ0) is 37.3. The van der Waals surface area contributed by atoms with Crippen LogP contribution in [-0.4, -0.2) is 19.9 Å². The highest BCUT2D eigenvalue weighted by atomic mass is 14.9. The maximum atomic E-state index is 5.30. The van der Waals surface area contributed by atoms with Gasteiger partial charge in [0.2, 0.25) is 0 Å². The highest BCUT2D eigenvalue weighted by Crippen LogP contribution is 2.38. The fraction of sp³-hybridized carbons (Fsp3) is 0. The number of pyridine rings is 2. The molecule has 0 atom stereocenters. The summed E-state index contributed by atoms with van der Waals surface area (Å²) in [4.78, 5) is 20.7. The molecule has 0 aliphatic rings. The minimum atomic E-state index is 0.685. The standard InChI is InChI=1S/C52H34N4/c1-5-15-35(16-6-1)46-30-28-39-27-29-44-45(33-47(36-17-7-2-8-18-36)54-51(44)50(39)53-46)42-25-13-23-40(31-42)41-24-14-26-43(32-41)52-55-48(37-19-9-3-10-20-37)34-49(56-52)38-21-11-4-12-22-38/h1-34H. The molecule has 0 saturated carbocycles. The molecule has 0 radical (unpaired) electrons. The van der Waals surface area contributed by atoms with Crippen molar-refractivity contribution in [1.29, 1.82) is 0 Å². The summed E-state index contributed by atoms with van der Waals surface area (Å²) in [6.07, 6.45) is 0. The van der Waals surface area contributed by atoms with Crippen LogP contribution >= 0.6 is 0 Å². The largest absolute Gasteiger partial charge is 0.245 e. The van der Waals surface area contributed by atoms with Gasteiger partial charge < -0.3 is 0 Å². The Labute approximate surface area is 325 Å². The molecule has 4 heteroatoms. The van der Waals surface area contributed by atoms with Crippen molar-refractivity contribution in [2.45, 2.75) is 0 Å². The smallest absolute Gasteiger partial charge is 0.160 e. The van der Waals surface area contributed by atoms with E-state index in [-0.39, 0.29) is 0 Å². The molecule has 3 aromatic heterocycles. The lowest BCUT2D eigenvalue weighted by atomic mass is 9.94. The monoisotopic (exact) mass is 714 g/mol. The van der Waals surface area contributed by atoms with Crippen LogP contribution in [0.5, 0.6) is 0 Å². The molecule has 262 valence electrons. The van der Waals surface area contributed by atoms with Gasteiger partial charge in [0.1, 0.15) is 0 Å². The second-order valence-electron chi connectivity index (χ2n) is 13.9. The Morgan fingerprint density at radius 1 is 0.250 bits per heavy atom. The van der Waals surface area contributed by atoms with Crippen LogP contribution in [-0.2, 0) is 0 Å². The van der Waals surface area contributed by atoms with Crippen LogP contribution in [0.3, 0.4) is 0 Å². The molecule has 0 unspecified atom stereocenters. The van der Waals surface area contributed by atoms with E-state index in [2.05, 4.69) is 146 Å². The lowest BCUT2D eigenvalue weighted by Gasteiger charge is -2.14. The lowest BCUT2D eigenvalue weighted by Crippen LogP contribution is -1.96. The molecule has 0 aliphatic carbocycles. The second kappa shape index (κ2) is 14.3. The quantitative estimate of drug-likeness (QED) is 0.154. The Kier molecular flexibility index (Phi) is 8.47. The Morgan fingerprint density at radius 3 is 1.25 bits per heavy atom. The predicted octanol–water partition coefficient (Wildman–Crippen LogP) is 13.2. The molecule has 10 rings (SSSR count). The molecule has 0 N–H and O–H groups in total. The van der Waals surface area contributed by atoms with E-state index in [4.69, 9.17) is 19.9 Å². The Bertz CT molecular complexity index is 2940. The Morgan fingerprint density at radius 2 is 0.679 bits per heavy atom. The van der Waals surface area contributed by atoms with E-state index in [1.807, 2.05) is 60.7 Å². The van der Waals surface area contributed by atoms with E-state index in [0.717, 1.165) is 94.7 Å². The van der Waals surface area contributed by atoms with E-state index < -0.39 is 0 Å². The predicted molar refractivity (Wildman–Crippen MR) is 231 cm³/mol. The van der Waals surface area contributed by atoms with Crippen molar-refractivity contribution in [2.75, 3.05) is 0 Å². The van der Waals surface area contributed by atoms with E-state index in [1.165, 1.54) is 0 Å². The van der Waals surface area contributed by atoms with Crippen molar-refractivity contribution in [3.63, 3.8) is 0 Å². The third-order valence-electron chi connectivity index (χ3n) is 10.3. The SMILES string of the molecule is c1ccc(-c2cc(-c3ccccc3)nc(-c3cccc(-c4cccc(-c5cc(-c6ccccc6)nc6c5ccc5ccc(-c7ccccc7)nc56)c4)c3)n2)cc1. The highest BCUT2D eigenvalue weighted by molar-refractivity contribution is 6.10. The van der Waals surface area contributed by atoms with Gasteiger partial charge in [-0.15, -0.1) is 0 Å². The number of nitrogens with zero attached hydrogens (tertiary/aromatic N) is 4. The van der Waals surface area contributed by atoms with Crippen LogP contribution in [0.25, 0.3) is 100 Å². The average Bonchev–Trinajstić information content (AvgIpc) is 3.29. The van der Waals surface area contributed by atoms with E-state index >= 15 is 0 Å².